The number of fused-ring (bicyclic) bond motifs is 1. The summed E-state index contributed by atoms with van der Waals surface area (Å²) in [5, 5.41) is 3.93. The van der Waals surface area contributed by atoms with E-state index in [1.54, 1.807) is 6.07 Å². The number of rotatable bonds is 5. The molecule has 1 fully saturated rings. The predicted octanol–water partition coefficient (Wildman–Crippen LogP) is 6.08. The van der Waals surface area contributed by atoms with Crippen molar-refractivity contribution in [2.45, 2.75) is 12.8 Å². The van der Waals surface area contributed by atoms with Gasteiger partial charge in [-0.15, -0.1) is 0 Å². The molecule has 32 heavy (non-hydrogen) atoms. The van der Waals surface area contributed by atoms with Gasteiger partial charge in [0.25, 0.3) is 0 Å². The highest BCUT2D eigenvalue weighted by Crippen LogP contribution is 2.33. The van der Waals surface area contributed by atoms with Crippen LogP contribution in [0.4, 0.5) is 15.2 Å². The Labute approximate surface area is 189 Å². The molecular formula is C25H22FN3O2S. The number of piperidine rings is 1. The molecule has 162 valence electrons. The Kier molecular flexibility index (Phi) is 5.73. The van der Waals surface area contributed by atoms with E-state index < -0.39 is 0 Å². The highest BCUT2D eigenvalue weighted by molar-refractivity contribution is 7.22. The van der Waals surface area contributed by atoms with Gasteiger partial charge in [-0.25, -0.2) is 9.37 Å². The van der Waals surface area contributed by atoms with Crippen LogP contribution in [0.5, 0.6) is 11.5 Å². The van der Waals surface area contributed by atoms with Crippen LogP contribution >= 0.6 is 11.3 Å². The van der Waals surface area contributed by atoms with Crippen LogP contribution in [-0.4, -0.2) is 24.0 Å². The molecule has 1 aromatic heterocycles. The minimum atomic E-state index is -0.250. The Morgan fingerprint density at radius 3 is 2.59 bits per heavy atom. The molecule has 0 radical (unpaired) electrons. The Balaban J connectivity index is 1.22. The van der Waals surface area contributed by atoms with Crippen molar-refractivity contribution in [2.75, 3.05) is 23.3 Å². The van der Waals surface area contributed by atoms with Crippen LogP contribution < -0.4 is 15.0 Å². The van der Waals surface area contributed by atoms with Gasteiger partial charge in [-0.3, -0.25) is 4.79 Å². The largest absolute Gasteiger partial charge is 0.455 e. The first kappa shape index (κ1) is 20.5. The van der Waals surface area contributed by atoms with Crippen molar-refractivity contribution in [3.8, 4) is 11.5 Å². The highest BCUT2D eigenvalue weighted by atomic mass is 32.1. The number of nitrogens with one attached hydrogen (secondary N) is 1. The minimum absolute atomic E-state index is 0.000123. The summed E-state index contributed by atoms with van der Waals surface area (Å²) in [5.74, 6) is 1.01. The lowest BCUT2D eigenvalue weighted by atomic mass is 9.96. The van der Waals surface area contributed by atoms with Gasteiger partial charge >= 0.3 is 0 Å². The predicted molar refractivity (Wildman–Crippen MR) is 126 cm³/mol. The molecule has 0 spiro atoms. The number of para-hydroxylation sites is 3. The van der Waals surface area contributed by atoms with E-state index in [0.29, 0.717) is 11.4 Å². The number of hydrogen-bond acceptors (Lipinski definition) is 5. The fourth-order valence-electron chi connectivity index (χ4n) is 3.86. The van der Waals surface area contributed by atoms with E-state index in [2.05, 4.69) is 15.2 Å². The van der Waals surface area contributed by atoms with Gasteiger partial charge in [-0.2, -0.15) is 0 Å². The zero-order valence-electron chi connectivity index (χ0n) is 17.3. The summed E-state index contributed by atoms with van der Waals surface area (Å²) in [6, 6.07) is 21.6. The normalized spacial score (nSPS) is 14.5. The number of thiazole rings is 1. The van der Waals surface area contributed by atoms with Gasteiger partial charge < -0.3 is 15.0 Å². The molecule has 1 N–H and O–H groups in total. The van der Waals surface area contributed by atoms with Gasteiger partial charge in [0.05, 0.1) is 15.9 Å². The van der Waals surface area contributed by atoms with E-state index in [0.717, 1.165) is 47.0 Å². The maximum atomic E-state index is 13.5. The van der Waals surface area contributed by atoms with E-state index in [1.807, 2.05) is 54.6 Å². The van der Waals surface area contributed by atoms with Gasteiger partial charge in [-0.1, -0.05) is 41.7 Å². The molecule has 4 aromatic rings. The first-order valence-electron chi connectivity index (χ1n) is 10.6. The number of nitrogens with zero attached hydrogens (tertiary/aromatic N) is 2. The topological polar surface area (TPSA) is 54.5 Å². The van der Waals surface area contributed by atoms with Gasteiger partial charge in [-0.05, 0) is 55.3 Å². The number of halogens is 1. The summed E-state index contributed by atoms with van der Waals surface area (Å²) in [7, 11) is 0. The van der Waals surface area contributed by atoms with E-state index >= 15 is 0 Å². The molecule has 1 aliphatic rings. The quantitative estimate of drug-likeness (QED) is 0.403. The zero-order valence-corrected chi connectivity index (χ0v) is 18.1. The first-order chi connectivity index (χ1) is 15.7. The van der Waals surface area contributed by atoms with Gasteiger partial charge in [0.2, 0.25) is 5.91 Å². The van der Waals surface area contributed by atoms with Gasteiger partial charge in [0.15, 0.2) is 10.9 Å². The van der Waals surface area contributed by atoms with Crippen molar-refractivity contribution < 1.29 is 13.9 Å². The van der Waals surface area contributed by atoms with Crippen molar-refractivity contribution in [1.82, 2.24) is 4.98 Å². The van der Waals surface area contributed by atoms with Crippen molar-refractivity contribution in [3.05, 3.63) is 78.6 Å². The number of benzene rings is 3. The second-order valence-electron chi connectivity index (χ2n) is 7.77. The molecule has 0 saturated carbocycles. The number of ether oxygens (including phenoxy) is 1. The molecule has 2 heterocycles. The number of aromatic nitrogens is 1. The average molecular weight is 448 g/mol. The van der Waals surface area contributed by atoms with E-state index in [9.17, 15) is 9.18 Å². The fourth-order valence-corrected chi connectivity index (χ4v) is 4.91. The summed E-state index contributed by atoms with van der Waals surface area (Å²) >= 11 is 1.49. The summed E-state index contributed by atoms with van der Waals surface area (Å²) in [6.45, 7) is 1.48. The zero-order chi connectivity index (χ0) is 21.9. The summed E-state index contributed by atoms with van der Waals surface area (Å²) in [5.41, 5.74) is 1.47. The van der Waals surface area contributed by atoms with Gasteiger partial charge in [0, 0.05) is 19.0 Å². The monoisotopic (exact) mass is 447 g/mol. The molecule has 1 amide bonds. The van der Waals surface area contributed by atoms with Gasteiger partial charge in [0.1, 0.15) is 11.6 Å². The van der Waals surface area contributed by atoms with Crippen LogP contribution in [0.15, 0.2) is 72.8 Å². The first-order valence-corrected chi connectivity index (χ1v) is 11.4. The molecule has 0 atom stereocenters. The summed E-state index contributed by atoms with van der Waals surface area (Å²) < 4.78 is 20.3. The number of anilines is 2. The number of amides is 1. The molecule has 0 aliphatic carbocycles. The van der Waals surface area contributed by atoms with Crippen LogP contribution in [0.3, 0.4) is 0 Å². The smallest absolute Gasteiger partial charge is 0.227 e. The lowest BCUT2D eigenvalue weighted by Crippen LogP contribution is -2.38. The molecule has 5 nitrogen and oxygen atoms in total. The summed E-state index contributed by atoms with van der Waals surface area (Å²) in [6.07, 6.45) is 1.47. The Morgan fingerprint density at radius 2 is 1.78 bits per heavy atom. The molecule has 0 unspecified atom stereocenters. The Morgan fingerprint density at radius 1 is 1.03 bits per heavy atom. The second kappa shape index (κ2) is 8.96. The Hall–Kier alpha value is -3.45. The van der Waals surface area contributed by atoms with Crippen LogP contribution in [-0.2, 0) is 4.79 Å². The second-order valence-corrected chi connectivity index (χ2v) is 8.78. The summed E-state index contributed by atoms with van der Waals surface area (Å²) in [4.78, 5) is 19.8. The van der Waals surface area contributed by atoms with Crippen LogP contribution in [0.25, 0.3) is 10.2 Å². The van der Waals surface area contributed by atoms with Crippen molar-refractivity contribution >= 4 is 38.3 Å². The molecule has 5 rings (SSSR count). The standard InChI is InChI=1S/C25H22FN3O2S/c26-18-10-11-21-23(16-18)32-25(28-21)29-14-12-17(13-15-29)24(30)27-20-8-4-5-9-22(20)31-19-6-2-1-3-7-19/h1-11,16-17H,12-15H2,(H,27,30). The molecule has 1 saturated heterocycles. The molecular weight excluding hydrogens is 425 g/mol. The SMILES string of the molecule is O=C(Nc1ccccc1Oc1ccccc1)C1CCN(c2nc3ccc(F)cc3s2)CC1. The molecule has 0 bridgehead atoms. The third-order valence-corrected chi connectivity index (χ3v) is 6.67. The van der Waals surface area contributed by atoms with Crippen molar-refractivity contribution in [3.63, 3.8) is 0 Å². The van der Waals surface area contributed by atoms with Crippen molar-refractivity contribution in [1.29, 1.82) is 0 Å². The molecule has 1 aliphatic heterocycles. The van der Waals surface area contributed by atoms with Crippen LogP contribution in [0.2, 0.25) is 0 Å². The lowest BCUT2D eigenvalue weighted by molar-refractivity contribution is -0.120. The lowest BCUT2D eigenvalue weighted by Gasteiger charge is -2.31. The maximum absolute atomic E-state index is 13.5. The molecule has 3 aromatic carbocycles. The third kappa shape index (κ3) is 4.43. The molecule has 7 heteroatoms. The fraction of sp³-hybridized carbons (Fsp3) is 0.200. The van der Waals surface area contributed by atoms with E-state index in [4.69, 9.17) is 4.74 Å². The number of hydrogen-bond donors (Lipinski definition) is 1. The number of carbonyl (C=O) groups is 1. The maximum Gasteiger partial charge on any atom is 0.227 e. The third-order valence-electron chi connectivity index (χ3n) is 5.59. The Bertz CT molecular complexity index is 1240. The van der Waals surface area contributed by atoms with E-state index in [1.165, 1.54) is 23.5 Å². The van der Waals surface area contributed by atoms with Crippen LogP contribution in [0, 0.1) is 11.7 Å². The highest BCUT2D eigenvalue weighted by Gasteiger charge is 2.27. The van der Waals surface area contributed by atoms with Crippen molar-refractivity contribution in [2.24, 2.45) is 5.92 Å². The minimum Gasteiger partial charge on any atom is -0.455 e. The average Bonchev–Trinajstić information content (AvgIpc) is 3.24. The van der Waals surface area contributed by atoms with Crippen LogP contribution in [0.1, 0.15) is 12.8 Å². The number of carbonyl (C=O) groups excluding carboxylic acids is 1. The van der Waals surface area contributed by atoms with E-state index in [-0.39, 0.29) is 17.6 Å².